The number of carbonyl (C=O) groups is 1. The number of fused-ring (bicyclic) bond motifs is 5. The molecule has 1 aliphatic carbocycles. The summed E-state index contributed by atoms with van der Waals surface area (Å²) in [4.78, 5) is 15.2. The third-order valence-electron chi connectivity index (χ3n) is 8.06. The van der Waals surface area contributed by atoms with E-state index in [9.17, 15) is 9.90 Å². The van der Waals surface area contributed by atoms with Crippen molar-refractivity contribution in [1.82, 2.24) is 4.90 Å². The van der Waals surface area contributed by atoms with Gasteiger partial charge < -0.3 is 24.1 Å². The second-order valence-corrected chi connectivity index (χ2v) is 10.5. The van der Waals surface area contributed by atoms with Crippen molar-refractivity contribution in [1.29, 1.82) is 0 Å². The minimum atomic E-state index is -0.932. The van der Waals surface area contributed by atoms with Gasteiger partial charge in [0.05, 0.1) is 44.6 Å². The molecule has 2 heterocycles. The Morgan fingerprint density at radius 1 is 0.947 bits per heavy atom. The molecule has 3 aromatic carbocycles. The van der Waals surface area contributed by atoms with Crippen LogP contribution in [0.1, 0.15) is 36.3 Å². The van der Waals surface area contributed by atoms with E-state index < -0.39 is 5.60 Å². The van der Waals surface area contributed by atoms with Crippen LogP contribution in [0.25, 0.3) is 11.1 Å². The molecule has 2 fully saturated rings. The molecular formula is C31H33NO6. The minimum absolute atomic E-state index is 0.0120. The molecule has 0 aromatic heterocycles. The first-order valence-electron chi connectivity index (χ1n) is 13.2. The number of carbonyl (C=O) groups excluding carboxylic acids is 1. The molecule has 2 unspecified atom stereocenters. The molecule has 2 bridgehead atoms. The van der Waals surface area contributed by atoms with E-state index >= 15 is 0 Å². The Kier molecular flexibility index (Phi) is 6.72. The number of morpholine rings is 1. The lowest BCUT2D eigenvalue weighted by Gasteiger charge is -2.50. The van der Waals surface area contributed by atoms with E-state index in [4.69, 9.17) is 18.9 Å². The molecule has 0 saturated carbocycles. The Hall–Kier alpha value is -3.55. The molecule has 7 nitrogen and oxygen atoms in total. The van der Waals surface area contributed by atoms with Gasteiger partial charge in [-0.15, -0.1) is 0 Å². The zero-order valence-corrected chi connectivity index (χ0v) is 21.5. The van der Waals surface area contributed by atoms with Crippen LogP contribution < -0.4 is 9.47 Å². The molecule has 2 saturated heterocycles. The molecule has 198 valence electrons. The van der Waals surface area contributed by atoms with E-state index in [0.29, 0.717) is 44.8 Å². The van der Waals surface area contributed by atoms with Gasteiger partial charge in [-0.05, 0) is 47.2 Å². The summed E-state index contributed by atoms with van der Waals surface area (Å²) in [5, 5.41) is 11.4. The molecule has 3 aliphatic rings. The largest absolute Gasteiger partial charge is 0.497 e. The van der Waals surface area contributed by atoms with Gasteiger partial charge in [-0.25, -0.2) is 4.79 Å². The van der Waals surface area contributed by atoms with Crippen LogP contribution in [-0.4, -0.2) is 67.3 Å². The first kappa shape index (κ1) is 24.8. The van der Waals surface area contributed by atoms with Gasteiger partial charge >= 0.3 is 6.09 Å². The number of methoxy groups -OCH3 is 1. The number of hydrogen-bond donors (Lipinski definition) is 1. The van der Waals surface area contributed by atoms with Gasteiger partial charge in [0, 0.05) is 18.4 Å². The van der Waals surface area contributed by atoms with Crippen LogP contribution >= 0.6 is 0 Å². The highest BCUT2D eigenvalue weighted by molar-refractivity contribution is 5.79. The summed E-state index contributed by atoms with van der Waals surface area (Å²) < 4.78 is 22.9. The number of nitrogens with zero attached hydrogens (tertiary/aromatic N) is 1. The lowest BCUT2D eigenvalue weighted by Crippen LogP contribution is -2.63. The first-order valence-corrected chi connectivity index (χ1v) is 13.2. The summed E-state index contributed by atoms with van der Waals surface area (Å²) >= 11 is 0. The number of aliphatic hydroxyl groups is 1. The number of piperidine rings is 1. The summed E-state index contributed by atoms with van der Waals surface area (Å²) in [6, 6.07) is 23.6. The summed E-state index contributed by atoms with van der Waals surface area (Å²) in [5.74, 6) is 1.44. The Bertz CT molecular complexity index is 1250. The maximum Gasteiger partial charge on any atom is 0.410 e. The van der Waals surface area contributed by atoms with Crippen molar-refractivity contribution in [3.8, 4) is 22.6 Å². The molecular weight excluding hydrogens is 482 g/mol. The van der Waals surface area contributed by atoms with Crippen molar-refractivity contribution in [2.75, 3.05) is 33.5 Å². The second-order valence-electron chi connectivity index (χ2n) is 10.5. The fourth-order valence-corrected chi connectivity index (χ4v) is 6.29. The van der Waals surface area contributed by atoms with Crippen molar-refractivity contribution in [2.24, 2.45) is 0 Å². The number of benzene rings is 3. The Morgan fingerprint density at radius 3 is 2.24 bits per heavy atom. The molecule has 1 N–H and O–H groups in total. The van der Waals surface area contributed by atoms with Gasteiger partial charge in [-0.3, -0.25) is 4.90 Å². The zero-order valence-electron chi connectivity index (χ0n) is 21.5. The summed E-state index contributed by atoms with van der Waals surface area (Å²) in [7, 11) is 1.62. The van der Waals surface area contributed by atoms with Crippen LogP contribution in [0.3, 0.4) is 0 Å². The van der Waals surface area contributed by atoms with E-state index in [1.54, 1.807) is 12.0 Å². The van der Waals surface area contributed by atoms with E-state index in [-0.39, 0.29) is 30.7 Å². The van der Waals surface area contributed by atoms with E-state index in [1.165, 1.54) is 22.3 Å². The molecule has 2 atom stereocenters. The number of ether oxygens (including phenoxy) is 4. The van der Waals surface area contributed by atoms with E-state index in [1.807, 2.05) is 48.5 Å². The maximum absolute atomic E-state index is 13.4. The monoisotopic (exact) mass is 515 g/mol. The zero-order chi connectivity index (χ0) is 26.1. The van der Waals surface area contributed by atoms with Crippen molar-refractivity contribution in [2.45, 2.75) is 42.9 Å². The van der Waals surface area contributed by atoms with Crippen molar-refractivity contribution in [3.63, 3.8) is 0 Å². The van der Waals surface area contributed by atoms with Gasteiger partial charge in [-0.1, -0.05) is 54.6 Å². The third-order valence-corrected chi connectivity index (χ3v) is 8.06. The van der Waals surface area contributed by atoms with Gasteiger partial charge in [0.1, 0.15) is 18.1 Å². The van der Waals surface area contributed by atoms with E-state index in [2.05, 4.69) is 24.3 Å². The van der Waals surface area contributed by atoms with Crippen LogP contribution in [0.5, 0.6) is 11.5 Å². The van der Waals surface area contributed by atoms with Crippen LogP contribution in [0.15, 0.2) is 72.8 Å². The highest BCUT2D eigenvalue weighted by Gasteiger charge is 2.48. The molecule has 3 aromatic rings. The normalized spacial score (nSPS) is 23.9. The number of hydrogen-bond acceptors (Lipinski definition) is 6. The fraction of sp³-hybridized carbons (Fsp3) is 0.387. The van der Waals surface area contributed by atoms with Gasteiger partial charge in [0.2, 0.25) is 0 Å². The Labute approximate surface area is 222 Å². The molecule has 0 spiro atoms. The summed E-state index contributed by atoms with van der Waals surface area (Å²) in [5.41, 5.74) is 3.85. The van der Waals surface area contributed by atoms with Crippen molar-refractivity contribution in [3.05, 3.63) is 83.9 Å². The molecule has 2 aliphatic heterocycles. The van der Waals surface area contributed by atoms with Crippen molar-refractivity contribution >= 4 is 6.09 Å². The molecule has 7 heteroatoms. The van der Waals surface area contributed by atoms with Crippen LogP contribution in [0, 0.1) is 0 Å². The smallest absolute Gasteiger partial charge is 0.410 e. The highest BCUT2D eigenvalue weighted by atomic mass is 16.6. The average Bonchev–Trinajstić information content (AvgIpc) is 3.25. The lowest BCUT2D eigenvalue weighted by molar-refractivity contribution is -0.137. The second kappa shape index (κ2) is 10.3. The van der Waals surface area contributed by atoms with Gasteiger partial charge in [0.15, 0.2) is 0 Å². The van der Waals surface area contributed by atoms with Crippen molar-refractivity contribution < 1.29 is 28.8 Å². The third kappa shape index (κ3) is 4.72. The predicted molar refractivity (Wildman–Crippen MR) is 143 cm³/mol. The average molecular weight is 516 g/mol. The molecule has 1 amide bonds. The van der Waals surface area contributed by atoms with Crippen LogP contribution in [-0.2, 0) is 9.47 Å². The SMILES string of the molecule is COc1cccc(OCCC2(O)CC3COCC(C2)N3C(=O)OCC2c3ccccc3-c3ccccc32)c1. The first-order chi connectivity index (χ1) is 18.5. The Morgan fingerprint density at radius 2 is 1.58 bits per heavy atom. The molecule has 6 rings (SSSR count). The predicted octanol–water partition coefficient (Wildman–Crippen LogP) is 5.01. The molecule has 38 heavy (non-hydrogen) atoms. The summed E-state index contributed by atoms with van der Waals surface area (Å²) in [6.07, 6.45) is 0.986. The lowest BCUT2D eigenvalue weighted by atomic mass is 9.79. The quantitative estimate of drug-likeness (QED) is 0.477. The topological polar surface area (TPSA) is 77.5 Å². The highest BCUT2D eigenvalue weighted by Crippen LogP contribution is 2.45. The fourth-order valence-electron chi connectivity index (χ4n) is 6.29. The Balaban J connectivity index is 1.09. The molecule has 0 radical (unpaired) electrons. The van der Waals surface area contributed by atoms with Gasteiger partial charge in [0.25, 0.3) is 0 Å². The van der Waals surface area contributed by atoms with Gasteiger partial charge in [-0.2, -0.15) is 0 Å². The van der Waals surface area contributed by atoms with Crippen LogP contribution in [0.4, 0.5) is 4.79 Å². The van der Waals surface area contributed by atoms with Crippen LogP contribution in [0.2, 0.25) is 0 Å². The standard InChI is InChI=1S/C31H33NO6/c1-35-23-7-6-8-24(15-23)37-14-13-31(34)16-21-18-36-19-22(17-31)32(21)30(33)38-20-29-27-11-4-2-9-25(27)26-10-3-5-12-28(26)29/h2-12,15,21-22,29,34H,13-14,16-20H2,1H3. The summed E-state index contributed by atoms with van der Waals surface area (Å²) in [6.45, 7) is 1.43. The minimum Gasteiger partial charge on any atom is -0.497 e. The number of amides is 1. The number of rotatable bonds is 7. The maximum atomic E-state index is 13.4. The van der Waals surface area contributed by atoms with E-state index in [0.717, 1.165) is 5.75 Å².